The molecule has 1 heterocycles. The topological polar surface area (TPSA) is 74.8 Å². The highest BCUT2D eigenvalue weighted by Crippen LogP contribution is 2.27. The van der Waals surface area contributed by atoms with Crippen molar-refractivity contribution < 1.29 is 25.6 Å². The lowest BCUT2D eigenvalue weighted by molar-refractivity contribution is 0.272. The third-order valence-electron chi connectivity index (χ3n) is 4.14. The first-order valence-corrected chi connectivity index (χ1v) is 11.1. The van der Waals surface area contributed by atoms with Gasteiger partial charge in [0.15, 0.2) is 0 Å². The Kier molecular flexibility index (Phi) is 5.55. The largest absolute Gasteiger partial charge is 0.244 e. The van der Waals surface area contributed by atoms with Crippen molar-refractivity contribution in [3.05, 3.63) is 59.1 Å². The Labute approximate surface area is 161 Å². The smallest absolute Gasteiger partial charge is 0.207 e. The zero-order valence-electron chi connectivity index (χ0n) is 13.8. The molecule has 11 heteroatoms. The van der Waals surface area contributed by atoms with Crippen LogP contribution in [0.2, 0.25) is 5.02 Å². The van der Waals surface area contributed by atoms with Crippen molar-refractivity contribution in [1.82, 2.24) is 8.61 Å². The number of hydrogen-bond acceptors (Lipinski definition) is 4. The lowest BCUT2D eigenvalue weighted by Gasteiger charge is -2.33. The van der Waals surface area contributed by atoms with E-state index >= 15 is 0 Å². The van der Waals surface area contributed by atoms with E-state index in [1.807, 2.05) is 0 Å². The average molecular weight is 437 g/mol. The highest BCUT2D eigenvalue weighted by atomic mass is 35.5. The Balaban J connectivity index is 1.79. The summed E-state index contributed by atoms with van der Waals surface area (Å²) in [6.45, 7) is -0.414. The standard InChI is InChI=1S/C16H15ClF2N2O4S2/c17-15-11-13(19)4-5-16(15)27(24,25)21-8-6-20(7-9-21)26(22,23)14-3-1-2-12(18)10-14/h1-5,10-11H,6-9H2. The molecule has 1 saturated heterocycles. The first kappa shape index (κ1) is 20.2. The van der Waals surface area contributed by atoms with Gasteiger partial charge in [-0.25, -0.2) is 25.6 Å². The lowest BCUT2D eigenvalue weighted by Crippen LogP contribution is -2.50. The minimum Gasteiger partial charge on any atom is -0.207 e. The van der Waals surface area contributed by atoms with Gasteiger partial charge >= 0.3 is 0 Å². The summed E-state index contributed by atoms with van der Waals surface area (Å²) in [5.41, 5.74) is 0. The van der Waals surface area contributed by atoms with Crippen LogP contribution in [-0.2, 0) is 20.0 Å². The molecule has 0 saturated carbocycles. The van der Waals surface area contributed by atoms with Crippen LogP contribution in [0.25, 0.3) is 0 Å². The van der Waals surface area contributed by atoms with Crippen molar-refractivity contribution in [1.29, 1.82) is 0 Å². The van der Waals surface area contributed by atoms with Crippen molar-refractivity contribution >= 4 is 31.6 Å². The zero-order valence-corrected chi connectivity index (χ0v) is 16.2. The minimum absolute atomic E-state index is 0.100. The Morgan fingerprint density at radius 2 is 1.33 bits per heavy atom. The van der Waals surface area contributed by atoms with Crippen LogP contribution in [0.5, 0.6) is 0 Å². The zero-order chi connectivity index (χ0) is 19.8. The van der Waals surface area contributed by atoms with E-state index in [0.717, 1.165) is 38.9 Å². The second-order valence-electron chi connectivity index (χ2n) is 5.84. The maximum absolute atomic E-state index is 13.3. The van der Waals surface area contributed by atoms with Gasteiger partial charge in [-0.1, -0.05) is 17.7 Å². The van der Waals surface area contributed by atoms with Gasteiger partial charge in [0.25, 0.3) is 0 Å². The number of benzene rings is 2. The summed E-state index contributed by atoms with van der Waals surface area (Å²) >= 11 is 5.84. The fourth-order valence-corrected chi connectivity index (χ4v) is 6.13. The van der Waals surface area contributed by atoms with Gasteiger partial charge in [-0.2, -0.15) is 8.61 Å². The fraction of sp³-hybridized carbons (Fsp3) is 0.250. The molecule has 3 rings (SSSR count). The van der Waals surface area contributed by atoms with Gasteiger partial charge in [0.2, 0.25) is 20.0 Å². The van der Waals surface area contributed by atoms with E-state index in [1.165, 1.54) is 12.1 Å². The van der Waals surface area contributed by atoms with E-state index in [-0.39, 0.29) is 41.0 Å². The molecule has 1 aliphatic heterocycles. The van der Waals surface area contributed by atoms with Gasteiger partial charge in [0.1, 0.15) is 16.5 Å². The van der Waals surface area contributed by atoms with Gasteiger partial charge in [0.05, 0.1) is 9.92 Å². The summed E-state index contributed by atoms with van der Waals surface area (Å²) in [6, 6.07) is 7.58. The van der Waals surface area contributed by atoms with Crippen LogP contribution in [0.3, 0.4) is 0 Å². The summed E-state index contributed by atoms with van der Waals surface area (Å²) in [7, 11) is -7.93. The van der Waals surface area contributed by atoms with E-state index in [1.54, 1.807) is 0 Å². The second kappa shape index (κ2) is 7.44. The number of halogens is 3. The highest BCUT2D eigenvalue weighted by Gasteiger charge is 2.34. The van der Waals surface area contributed by atoms with Gasteiger partial charge in [-0.3, -0.25) is 0 Å². The van der Waals surface area contributed by atoms with E-state index in [4.69, 9.17) is 11.6 Å². The van der Waals surface area contributed by atoms with Crippen LogP contribution in [0, 0.1) is 11.6 Å². The van der Waals surface area contributed by atoms with Gasteiger partial charge in [-0.15, -0.1) is 0 Å². The van der Waals surface area contributed by atoms with Crippen LogP contribution in [0.15, 0.2) is 52.3 Å². The van der Waals surface area contributed by atoms with Crippen molar-refractivity contribution in [2.24, 2.45) is 0 Å². The van der Waals surface area contributed by atoms with Gasteiger partial charge in [0, 0.05) is 26.2 Å². The molecule has 0 bridgehead atoms. The number of nitrogens with zero attached hydrogens (tertiary/aromatic N) is 2. The molecule has 1 aliphatic rings. The molecule has 0 N–H and O–H groups in total. The molecular formula is C16H15ClF2N2O4S2. The third kappa shape index (κ3) is 3.99. The van der Waals surface area contributed by atoms with Gasteiger partial charge < -0.3 is 0 Å². The lowest BCUT2D eigenvalue weighted by atomic mass is 10.3. The number of piperazine rings is 1. The fourth-order valence-electron chi connectivity index (χ4n) is 2.75. The number of sulfonamides is 2. The van der Waals surface area contributed by atoms with Crippen molar-refractivity contribution in [3.63, 3.8) is 0 Å². The Morgan fingerprint density at radius 1 is 0.778 bits per heavy atom. The van der Waals surface area contributed by atoms with Crippen LogP contribution in [-0.4, -0.2) is 51.6 Å². The quantitative estimate of drug-likeness (QED) is 0.737. The Bertz CT molecular complexity index is 1070. The van der Waals surface area contributed by atoms with Crippen molar-refractivity contribution in [2.75, 3.05) is 26.2 Å². The second-order valence-corrected chi connectivity index (χ2v) is 10.1. The molecule has 0 aliphatic carbocycles. The maximum atomic E-state index is 13.3. The summed E-state index contributed by atoms with van der Waals surface area (Å²) in [5.74, 6) is -1.34. The summed E-state index contributed by atoms with van der Waals surface area (Å²) in [4.78, 5) is -0.438. The Hall–Kier alpha value is -1.59. The molecule has 0 spiro atoms. The molecule has 27 heavy (non-hydrogen) atoms. The highest BCUT2D eigenvalue weighted by molar-refractivity contribution is 7.89. The molecule has 146 valence electrons. The minimum atomic E-state index is -4.00. The number of rotatable bonds is 4. The monoisotopic (exact) mass is 436 g/mol. The van der Waals surface area contributed by atoms with E-state index < -0.39 is 31.7 Å². The molecule has 0 unspecified atom stereocenters. The van der Waals surface area contributed by atoms with E-state index in [0.29, 0.717) is 0 Å². The normalized spacial score (nSPS) is 17.1. The molecule has 6 nitrogen and oxygen atoms in total. The summed E-state index contributed by atoms with van der Waals surface area (Å²) < 4.78 is 79.2. The summed E-state index contributed by atoms with van der Waals surface area (Å²) in [6.07, 6.45) is 0. The first-order valence-electron chi connectivity index (χ1n) is 7.83. The third-order valence-corrected chi connectivity index (χ3v) is 8.42. The maximum Gasteiger partial charge on any atom is 0.244 e. The predicted molar refractivity (Wildman–Crippen MR) is 95.3 cm³/mol. The van der Waals surface area contributed by atoms with Crippen LogP contribution < -0.4 is 0 Å². The average Bonchev–Trinajstić information content (AvgIpc) is 2.61. The molecule has 0 aromatic heterocycles. The first-order chi connectivity index (χ1) is 12.6. The molecular weight excluding hydrogens is 422 g/mol. The van der Waals surface area contributed by atoms with E-state index in [9.17, 15) is 25.6 Å². The van der Waals surface area contributed by atoms with E-state index in [2.05, 4.69) is 0 Å². The van der Waals surface area contributed by atoms with Crippen LogP contribution in [0.4, 0.5) is 8.78 Å². The molecule has 1 fully saturated rings. The van der Waals surface area contributed by atoms with Crippen molar-refractivity contribution in [3.8, 4) is 0 Å². The Morgan fingerprint density at radius 3 is 1.89 bits per heavy atom. The van der Waals surface area contributed by atoms with Crippen LogP contribution in [0.1, 0.15) is 0 Å². The van der Waals surface area contributed by atoms with Crippen LogP contribution >= 0.6 is 11.6 Å². The predicted octanol–water partition coefficient (Wildman–Crippen LogP) is 2.31. The van der Waals surface area contributed by atoms with Crippen molar-refractivity contribution in [2.45, 2.75) is 9.79 Å². The summed E-state index contributed by atoms with van der Waals surface area (Å²) in [5, 5.41) is -0.246. The molecule has 2 aromatic carbocycles. The molecule has 2 aromatic rings. The SMILES string of the molecule is O=S(=O)(c1cccc(F)c1)N1CCN(S(=O)(=O)c2ccc(F)cc2Cl)CC1. The molecule has 0 atom stereocenters. The van der Waals surface area contributed by atoms with Gasteiger partial charge in [-0.05, 0) is 36.4 Å². The molecule has 0 amide bonds. The molecule has 0 radical (unpaired) electrons. The number of hydrogen-bond donors (Lipinski definition) is 0.